The number of rotatable bonds is 7. The highest BCUT2D eigenvalue weighted by Gasteiger charge is 2.08. The molecule has 0 saturated carbocycles. The summed E-state index contributed by atoms with van der Waals surface area (Å²) in [5.74, 6) is 1.57. The largest absolute Gasteiger partial charge is 0.310 e. The van der Waals surface area contributed by atoms with Crippen LogP contribution in [0.4, 0.5) is 4.39 Å². The number of halogens is 1. The summed E-state index contributed by atoms with van der Waals surface area (Å²) in [5.41, 5.74) is 1.02. The van der Waals surface area contributed by atoms with Crippen molar-refractivity contribution in [2.75, 3.05) is 12.3 Å². The Bertz CT molecular complexity index is 366. The van der Waals surface area contributed by atoms with E-state index >= 15 is 0 Å². The maximum absolute atomic E-state index is 13.9. The normalized spacial score (nSPS) is 13.0. The quantitative estimate of drug-likeness (QED) is 0.724. The van der Waals surface area contributed by atoms with Crippen molar-refractivity contribution in [1.82, 2.24) is 5.32 Å². The smallest absolute Gasteiger partial charge is 0.137 e. The zero-order valence-corrected chi connectivity index (χ0v) is 12.6. The van der Waals surface area contributed by atoms with E-state index in [2.05, 4.69) is 33.0 Å². The third-order valence-electron chi connectivity index (χ3n) is 2.92. The van der Waals surface area contributed by atoms with Crippen LogP contribution in [0.1, 0.15) is 45.7 Å². The molecule has 0 radical (unpaired) electrons. The highest BCUT2D eigenvalue weighted by Crippen LogP contribution is 2.26. The lowest BCUT2D eigenvalue weighted by Gasteiger charge is -2.14. The molecule has 0 aromatic heterocycles. The van der Waals surface area contributed by atoms with Gasteiger partial charge in [0.2, 0.25) is 0 Å². The van der Waals surface area contributed by atoms with Gasteiger partial charge in [-0.05, 0) is 49.3 Å². The minimum atomic E-state index is -0.0917. The van der Waals surface area contributed by atoms with Crippen molar-refractivity contribution in [3.63, 3.8) is 0 Å². The van der Waals surface area contributed by atoms with E-state index < -0.39 is 0 Å². The van der Waals surface area contributed by atoms with E-state index in [9.17, 15) is 4.39 Å². The second-order valence-corrected chi connectivity index (χ2v) is 6.14. The summed E-state index contributed by atoms with van der Waals surface area (Å²) in [4.78, 5) is 0.767. The molecule has 0 bridgehead atoms. The molecule has 102 valence electrons. The van der Waals surface area contributed by atoms with Gasteiger partial charge in [-0.1, -0.05) is 26.8 Å². The van der Waals surface area contributed by atoms with Crippen molar-refractivity contribution in [2.45, 2.75) is 45.1 Å². The van der Waals surface area contributed by atoms with E-state index in [0.29, 0.717) is 5.92 Å². The molecule has 1 N–H and O–H groups in total. The number of nitrogens with one attached hydrogen (secondary N) is 1. The molecule has 0 saturated heterocycles. The standard InChI is InChI=1S/C15H24FNS/c1-5-17-12(4)13-6-7-15(14(16)10-13)18-9-8-11(2)3/h6-7,10-12,17H,5,8-9H2,1-4H3. The highest BCUT2D eigenvalue weighted by molar-refractivity contribution is 7.99. The van der Waals surface area contributed by atoms with Crippen LogP contribution in [0.3, 0.4) is 0 Å². The summed E-state index contributed by atoms with van der Waals surface area (Å²) < 4.78 is 13.9. The first-order chi connectivity index (χ1) is 8.54. The summed E-state index contributed by atoms with van der Waals surface area (Å²) >= 11 is 1.61. The molecule has 0 spiro atoms. The molecule has 1 aromatic carbocycles. The first-order valence-corrected chi connectivity index (χ1v) is 7.68. The summed E-state index contributed by atoms with van der Waals surface area (Å²) in [5, 5.41) is 3.29. The zero-order valence-electron chi connectivity index (χ0n) is 11.8. The van der Waals surface area contributed by atoms with Gasteiger partial charge in [0.1, 0.15) is 5.82 Å². The fourth-order valence-electron chi connectivity index (χ4n) is 1.73. The molecule has 0 amide bonds. The van der Waals surface area contributed by atoms with Gasteiger partial charge in [0.25, 0.3) is 0 Å². The minimum absolute atomic E-state index is 0.0917. The van der Waals surface area contributed by atoms with Crippen LogP contribution < -0.4 is 5.32 Å². The van der Waals surface area contributed by atoms with Crippen molar-refractivity contribution in [1.29, 1.82) is 0 Å². The van der Waals surface area contributed by atoms with E-state index in [1.807, 2.05) is 12.1 Å². The van der Waals surface area contributed by atoms with E-state index in [1.165, 1.54) is 0 Å². The summed E-state index contributed by atoms with van der Waals surface area (Å²) in [6, 6.07) is 5.79. The first-order valence-electron chi connectivity index (χ1n) is 6.70. The highest BCUT2D eigenvalue weighted by atomic mass is 32.2. The molecule has 0 heterocycles. The lowest BCUT2D eigenvalue weighted by atomic mass is 10.1. The third kappa shape index (κ3) is 4.99. The van der Waals surface area contributed by atoms with Crippen LogP contribution in [0.25, 0.3) is 0 Å². The lowest BCUT2D eigenvalue weighted by Crippen LogP contribution is -2.17. The van der Waals surface area contributed by atoms with Crippen molar-refractivity contribution < 1.29 is 4.39 Å². The van der Waals surface area contributed by atoms with E-state index in [0.717, 1.165) is 29.2 Å². The molecule has 0 aliphatic heterocycles. The Morgan fingerprint density at radius 2 is 2.00 bits per heavy atom. The molecule has 0 fully saturated rings. The van der Waals surface area contributed by atoms with Crippen molar-refractivity contribution >= 4 is 11.8 Å². The first kappa shape index (κ1) is 15.5. The van der Waals surface area contributed by atoms with Gasteiger partial charge in [-0.2, -0.15) is 0 Å². The van der Waals surface area contributed by atoms with E-state index in [-0.39, 0.29) is 11.9 Å². The second kappa shape index (κ2) is 7.80. The Morgan fingerprint density at radius 3 is 2.56 bits per heavy atom. The Labute approximate surface area is 115 Å². The average Bonchev–Trinajstić information content (AvgIpc) is 2.31. The molecule has 0 aliphatic rings. The van der Waals surface area contributed by atoms with Crippen LogP contribution >= 0.6 is 11.8 Å². The number of hydrogen-bond donors (Lipinski definition) is 1. The molecule has 3 heteroatoms. The molecular weight excluding hydrogens is 245 g/mol. The number of hydrogen-bond acceptors (Lipinski definition) is 2. The summed E-state index contributed by atoms with van der Waals surface area (Å²) in [6.45, 7) is 9.40. The molecule has 1 nitrogen and oxygen atoms in total. The second-order valence-electron chi connectivity index (χ2n) is 5.00. The monoisotopic (exact) mass is 269 g/mol. The predicted molar refractivity (Wildman–Crippen MR) is 78.7 cm³/mol. The maximum Gasteiger partial charge on any atom is 0.137 e. The van der Waals surface area contributed by atoms with E-state index in [1.54, 1.807) is 17.8 Å². The lowest BCUT2D eigenvalue weighted by molar-refractivity contribution is 0.571. The van der Waals surface area contributed by atoms with Crippen LogP contribution in [0.5, 0.6) is 0 Å². The Balaban J connectivity index is 2.62. The Morgan fingerprint density at radius 1 is 1.28 bits per heavy atom. The van der Waals surface area contributed by atoms with Gasteiger partial charge in [0.05, 0.1) is 0 Å². The van der Waals surface area contributed by atoms with Crippen LogP contribution in [0, 0.1) is 11.7 Å². The van der Waals surface area contributed by atoms with Crippen molar-refractivity contribution in [3.8, 4) is 0 Å². The average molecular weight is 269 g/mol. The number of thioether (sulfide) groups is 1. The maximum atomic E-state index is 13.9. The Kier molecular flexibility index (Phi) is 6.72. The van der Waals surface area contributed by atoms with Crippen molar-refractivity contribution in [3.05, 3.63) is 29.6 Å². The van der Waals surface area contributed by atoms with Crippen LogP contribution in [0.2, 0.25) is 0 Å². The molecule has 0 aliphatic carbocycles. The minimum Gasteiger partial charge on any atom is -0.310 e. The van der Waals surface area contributed by atoms with E-state index in [4.69, 9.17) is 0 Å². The number of benzene rings is 1. The van der Waals surface area contributed by atoms with Gasteiger partial charge in [-0.3, -0.25) is 0 Å². The molecule has 1 rings (SSSR count). The third-order valence-corrected chi connectivity index (χ3v) is 4.00. The fraction of sp³-hybridized carbons (Fsp3) is 0.600. The van der Waals surface area contributed by atoms with Gasteiger partial charge in [0, 0.05) is 10.9 Å². The fourth-order valence-corrected chi connectivity index (χ4v) is 2.90. The SMILES string of the molecule is CCNC(C)c1ccc(SCCC(C)C)c(F)c1. The van der Waals surface area contributed by atoms with Crippen LogP contribution in [-0.4, -0.2) is 12.3 Å². The van der Waals surface area contributed by atoms with Gasteiger partial charge in [-0.15, -0.1) is 11.8 Å². The molecule has 1 atom stereocenters. The molecule has 18 heavy (non-hydrogen) atoms. The van der Waals surface area contributed by atoms with Gasteiger partial charge >= 0.3 is 0 Å². The summed E-state index contributed by atoms with van der Waals surface area (Å²) in [7, 11) is 0. The van der Waals surface area contributed by atoms with Crippen LogP contribution in [0.15, 0.2) is 23.1 Å². The molecule has 1 unspecified atom stereocenters. The molecule has 1 aromatic rings. The van der Waals surface area contributed by atoms with Gasteiger partial charge < -0.3 is 5.32 Å². The summed E-state index contributed by atoms with van der Waals surface area (Å²) in [6.07, 6.45) is 1.12. The van der Waals surface area contributed by atoms with Crippen molar-refractivity contribution in [2.24, 2.45) is 5.92 Å². The molecular formula is C15H24FNS. The van der Waals surface area contributed by atoms with Gasteiger partial charge in [-0.25, -0.2) is 4.39 Å². The van der Waals surface area contributed by atoms with Crippen LogP contribution in [-0.2, 0) is 0 Å². The Hall–Kier alpha value is -0.540. The predicted octanol–water partition coefficient (Wildman–Crippen LogP) is 4.63. The van der Waals surface area contributed by atoms with Gasteiger partial charge in [0.15, 0.2) is 0 Å². The zero-order chi connectivity index (χ0) is 13.5. The topological polar surface area (TPSA) is 12.0 Å².